The lowest BCUT2D eigenvalue weighted by atomic mass is 9.95. The van der Waals surface area contributed by atoms with Crippen molar-refractivity contribution in [1.29, 1.82) is 0 Å². The molecule has 3 amide bonds. The van der Waals surface area contributed by atoms with Gasteiger partial charge in [-0.15, -0.1) is 11.3 Å². The van der Waals surface area contributed by atoms with E-state index in [0.717, 1.165) is 32.1 Å². The van der Waals surface area contributed by atoms with Gasteiger partial charge >= 0.3 is 0 Å². The van der Waals surface area contributed by atoms with E-state index in [0.29, 0.717) is 12.2 Å². The highest BCUT2D eigenvalue weighted by atomic mass is 32.1. The monoisotopic (exact) mass is 457 g/mol. The normalized spacial score (nSPS) is 21.7. The Kier molecular flexibility index (Phi) is 6.64. The van der Waals surface area contributed by atoms with E-state index in [1.165, 1.54) is 33.4 Å². The maximum atomic E-state index is 13.2. The van der Waals surface area contributed by atoms with Gasteiger partial charge in [0, 0.05) is 30.6 Å². The van der Waals surface area contributed by atoms with E-state index in [9.17, 15) is 14.4 Å². The minimum atomic E-state index is -1.06. The highest BCUT2D eigenvalue weighted by Crippen LogP contribution is 2.27. The number of thiophene rings is 1. The zero-order valence-corrected chi connectivity index (χ0v) is 19.5. The predicted octanol–water partition coefficient (Wildman–Crippen LogP) is 2.60. The van der Waals surface area contributed by atoms with E-state index < -0.39 is 5.54 Å². The second-order valence-electron chi connectivity index (χ2n) is 8.96. The summed E-state index contributed by atoms with van der Waals surface area (Å²) in [5, 5.41) is 12.4. The van der Waals surface area contributed by atoms with Crippen LogP contribution in [0.15, 0.2) is 23.6 Å². The average molecular weight is 458 g/mol. The molecule has 9 heteroatoms. The van der Waals surface area contributed by atoms with Crippen molar-refractivity contribution in [3.05, 3.63) is 39.8 Å². The first kappa shape index (κ1) is 22.5. The molecule has 32 heavy (non-hydrogen) atoms. The van der Waals surface area contributed by atoms with Gasteiger partial charge in [0.25, 0.3) is 11.8 Å². The summed E-state index contributed by atoms with van der Waals surface area (Å²) in [7, 11) is 1.65. The first-order valence-corrected chi connectivity index (χ1v) is 12.2. The van der Waals surface area contributed by atoms with Crippen LogP contribution in [0.1, 0.15) is 71.3 Å². The van der Waals surface area contributed by atoms with Crippen molar-refractivity contribution in [1.82, 2.24) is 25.3 Å². The zero-order valence-electron chi connectivity index (χ0n) is 18.7. The van der Waals surface area contributed by atoms with E-state index >= 15 is 0 Å². The van der Waals surface area contributed by atoms with Crippen LogP contribution in [0.3, 0.4) is 0 Å². The highest BCUT2D eigenvalue weighted by Gasteiger charge is 2.46. The lowest BCUT2D eigenvalue weighted by Gasteiger charge is -2.41. The molecule has 1 unspecified atom stereocenters. The topological polar surface area (TPSA) is 96.3 Å². The summed E-state index contributed by atoms with van der Waals surface area (Å²) >= 11 is 1.65. The number of hydrogen-bond acceptors (Lipinski definition) is 5. The first-order chi connectivity index (χ1) is 15.4. The van der Waals surface area contributed by atoms with Gasteiger partial charge in [0.15, 0.2) is 5.69 Å². The summed E-state index contributed by atoms with van der Waals surface area (Å²) in [5.41, 5.74) is -0.535. The number of fused-ring (bicyclic) bond motifs is 1. The Hall–Kier alpha value is -2.68. The molecule has 2 aliphatic rings. The fourth-order valence-corrected chi connectivity index (χ4v) is 5.16. The number of amides is 3. The van der Waals surface area contributed by atoms with Crippen LogP contribution >= 0.6 is 11.3 Å². The van der Waals surface area contributed by atoms with Crippen molar-refractivity contribution in [2.75, 3.05) is 13.6 Å². The molecule has 2 aromatic heterocycles. The molecule has 0 aromatic carbocycles. The fourth-order valence-electron chi connectivity index (χ4n) is 4.45. The van der Waals surface area contributed by atoms with Crippen molar-refractivity contribution in [3.63, 3.8) is 0 Å². The van der Waals surface area contributed by atoms with E-state index in [-0.39, 0.29) is 36.0 Å². The summed E-state index contributed by atoms with van der Waals surface area (Å²) in [6.45, 7) is 2.48. The minimum absolute atomic E-state index is 0.147. The summed E-state index contributed by atoms with van der Waals surface area (Å²) in [4.78, 5) is 41.5. The molecule has 4 rings (SSSR count). The van der Waals surface area contributed by atoms with E-state index in [4.69, 9.17) is 0 Å². The Morgan fingerprint density at radius 2 is 2.00 bits per heavy atom. The second-order valence-corrected chi connectivity index (χ2v) is 9.99. The van der Waals surface area contributed by atoms with Gasteiger partial charge in [-0.25, -0.2) is 0 Å². The zero-order chi connectivity index (χ0) is 22.7. The van der Waals surface area contributed by atoms with Crippen LogP contribution in [0.25, 0.3) is 0 Å². The second kappa shape index (κ2) is 9.44. The van der Waals surface area contributed by atoms with Crippen molar-refractivity contribution >= 4 is 29.1 Å². The molecule has 172 valence electrons. The minimum Gasteiger partial charge on any atom is -0.351 e. The molecule has 0 radical (unpaired) electrons. The Balaban J connectivity index is 1.44. The molecule has 1 aliphatic heterocycles. The third-order valence-corrected chi connectivity index (χ3v) is 7.59. The Labute approximate surface area is 192 Å². The number of rotatable bonds is 6. The van der Waals surface area contributed by atoms with Crippen molar-refractivity contribution in [2.24, 2.45) is 0 Å². The maximum absolute atomic E-state index is 13.2. The first-order valence-electron chi connectivity index (χ1n) is 11.4. The SMILES string of the molecule is CN1C(=O)c2cc(C(=O)NCCc3cccs3)nn2CC1(C)C(=O)NC1CCCCCC1. The molecule has 0 bridgehead atoms. The van der Waals surface area contributed by atoms with Crippen molar-refractivity contribution < 1.29 is 14.4 Å². The molecule has 1 saturated carbocycles. The number of hydrogen-bond donors (Lipinski definition) is 2. The highest BCUT2D eigenvalue weighted by molar-refractivity contribution is 7.09. The van der Waals surface area contributed by atoms with Gasteiger partial charge in [0.1, 0.15) is 11.2 Å². The summed E-state index contributed by atoms with van der Waals surface area (Å²) in [6, 6.07) is 5.68. The number of nitrogens with zero attached hydrogens (tertiary/aromatic N) is 3. The van der Waals surface area contributed by atoms with E-state index in [1.807, 2.05) is 17.5 Å². The molecule has 2 aromatic rings. The molecule has 0 saturated heterocycles. The van der Waals surface area contributed by atoms with Crippen LogP contribution in [0.4, 0.5) is 0 Å². The average Bonchev–Trinajstić information content (AvgIpc) is 3.37. The Morgan fingerprint density at radius 1 is 1.25 bits per heavy atom. The standard InChI is InChI=1S/C23H31N5O3S/c1-23(22(31)25-16-8-5-3-4-6-9-16)15-28-19(21(30)27(23)2)14-18(26-28)20(29)24-12-11-17-10-7-13-32-17/h7,10,13-14,16H,3-6,8-9,11-12,15H2,1-2H3,(H,24,29)(H,25,31). The van der Waals surface area contributed by atoms with Gasteiger partial charge in [0.05, 0.1) is 6.54 Å². The lowest BCUT2D eigenvalue weighted by Crippen LogP contribution is -2.63. The molecule has 1 fully saturated rings. The summed E-state index contributed by atoms with van der Waals surface area (Å²) in [6.07, 6.45) is 7.34. The molecule has 3 heterocycles. The van der Waals surface area contributed by atoms with Crippen LogP contribution in [-0.2, 0) is 17.8 Å². The van der Waals surface area contributed by atoms with E-state index in [1.54, 1.807) is 25.3 Å². The van der Waals surface area contributed by atoms with Gasteiger partial charge in [-0.1, -0.05) is 31.7 Å². The molecule has 8 nitrogen and oxygen atoms in total. The lowest BCUT2D eigenvalue weighted by molar-refractivity contribution is -0.133. The quantitative estimate of drug-likeness (QED) is 0.652. The van der Waals surface area contributed by atoms with Crippen LogP contribution in [-0.4, -0.2) is 57.6 Å². The number of nitrogens with one attached hydrogen (secondary N) is 2. The number of carbonyl (C=O) groups is 3. The number of likely N-dealkylation sites (N-methyl/N-ethyl adjacent to an activating group) is 1. The van der Waals surface area contributed by atoms with Gasteiger partial charge in [-0.3, -0.25) is 19.1 Å². The Bertz CT molecular complexity index is 978. The molecule has 2 N–H and O–H groups in total. The molecule has 0 spiro atoms. The maximum Gasteiger partial charge on any atom is 0.272 e. The van der Waals surface area contributed by atoms with E-state index in [2.05, 4.69) is 15.7 Å². The van der Waals surface area contributed by atoms with Crippen LogP contribution in [0.2, 0.25) is 0 Å². The van der Waals surface area contributed by atoms with Crippen molar-refractivity contribution in [3.8, 4) is 0 Å². The van der Waals surface area contributed by atoms with Crippen molar-refractivity contribution in [2.45, 2.75) is 70.0 Å². The molecular formula is C23H31N5O3S. The Morgan fingerprint density at radius 3 is 2.69 bits per heavy atom. The smallest absolute Gasteiger partial charge is 0.272 e. The molecule has 1 atom stereocenters. The largest absolute Gasteiger partial charge is 0.351 e. The third-order valence-electron chi connectivity index (χ3n) is 6.65. The predicted molar refractivity (Wildman–Crippen MR) is 123 cm³/mol. The van der Waals surface area contributed by atoms with Gasteiger partial charge < -0.3 is 15.5 Å². The van der Waals surface area contributed by atoms with Crippen LogP contribution in [0, 0.1) is 0 Å². The fraction of sp³-hybridized carbons (Fsp3) is 0.565. The molecule has 1 aliphatic carbocycles. The molecular weight excluding hydrogens is 426 g/mol. The van der Waals surface area contributed by atoms with Gasteiger partial charge in [0.2, 0.25) is 5.91 Å². The van der Waals surface area contributed by atoms with Gasteiger partial charge in [-0.2, -0.15) is 5.10 Å². The van der Waals surface area contributed by atoms with Crippen LogP contribution < -0.4 is 10.6 Å². The number of carbonyl (C=O) groups excluding carboxylic acids is 3. The van der Waals surface area contributed by atoms with Gasteiger partial charge in [-0.05, 0) is 37.6 Å². The summed E-state index contributed by atoms with van der Waals surface area (Å²) < 4.78 is 1.50. The van der Waals surface area contributed by atoms with Crippen LogP contribution in [0.5, 0.6) is 0 Å². The third kappa shape index (κ3) is 4.57. The summed E-state index contributed by atoms with van der Waals surface area (Å²) in [5.74, 6) is -0.785. The number of aromatic nitrogens is 2.